The molecule has 0 unspecified atom stereocenters. The van der Waals surface area contributed by atoms with Gasteiger partial charge >= 0.3 is 0 Å². The van der Waals surface area contributed by atoms with Crippen LogP contribution < -0.4 is 10.1 Å². The number of aromatic nitrogens is 5. The molecule has 0 bridgehead atoms. The SMILES string of the molecule is CCOc1ccc(Nc2nccc(-c3c(C)nc4ncccn34)n2)cc1. The predicted octanol–water partition coefficient (Wildman–Crippen LogP) is 3.64. The van der Waals surface area contributed by atoms with Crippen molar-refractivity contribution in [2.24, 2.45) is 0 Å². The number of benzene rings is 1. The van der Waals surface area contributed by atoms with E-state index in [2.05, 4.69) is 25.3 Å². The third kappa shape index (κ3) is 3.06. The molecule has 0 radical (unpaired) electrons. The first-order valence-corrected chi connectivity index (χ1v) is 8.37. The molecule has 26 heavy (non-hydrogen) atoms. The zero-order chi connectivity index (χ0) is 17.9. The molecule has 0 spiro atoms. The smallest absolute Gasteiger partial charge is 0.234 e. The van der Waals surface area contributed by atoms with Crippen molar-refractivity contribution in [1.29, 1.82) is 0 Å². The van der Waals surface area contributed by atoms with Gasteiger partial charge in [-0.2, -0.15) is 0 Å². The molecule has 7 heteroatoms. The zero-order valence-corrected chi connectivity index (χ0v) is 14.5. The summed E-state index contributed by atoms with van der Waals surface area (Å²) < 4.78 is 7.39. The lowest BCUT2D eigenvalue weighted by Crippen LogP contribution is -2.00. The first-order valence-electron chi connectivity index (χ1n) is 8.37. The lowest BCUT2D eigenvalue weighted by molar-refractivity contribution is 0.340. The van der Waals surface area contributed by atoms with Gasteiger partial charge in [0.25, 0.3) is 0 Å². The first-order chi connectivity index (χ1) is 12.7. The number of hydrogen-bond acceptors (Lipinski definition) is 6. The summed E-state index contributed by atoms with van der Waals surface area (Å²) in [6.07, 6.45) is 5.39. The lowest BCUT2D eigenvalue weighted by Gasteiger charge is -2.08. The number of nitrogens with zero attached hydrogens (tertiary/aromatic N) is 5. The molecule has 0 fully saturated rings. The van der Waals surface area contributed by atoms with E-state index < -0.39 is 0 Å². The molecular weight excluding hydrogens is 328 g/mol. The molecule has 130 valence electrons. The second kappa shape index (κ2) is 6.79. The summed E-state index contributed by atoms with van der Waals surface area (Å²) in [4.78, 5) is 17.7. The Morgan fingerprint density at radius 1 is 1.04 bits per heavy atom. The highest BCUT2D eigenvalue weighted by molar-refractivity contribution is 5.64. The van der Waals surface area contributed by atoms with Crippen LogP contribution in [0.15, 0.2) is 55.0 Å². The Hall–Kier alpha value is -3.48. The largest absolute Gasteiger partial charge is 0.494 e. The molecular formula is C19H18N6O. The maximum atomic E-state index is 5.46. The van der Waals surface area contributed by atoms with Crippen LogP contribution in [0.4, 0.5) is 11.6 Å². The molecule has 1 aromatic carbocycles. The van der Waals surface area contributed by atoms with E-state index in [1.54, 1.807) is 12.4 Å². The Balaban J connectivity index is 1.65. The minimum Gasteiger partial charge on any atom is -0.494 e. The van der Waals surface area contributed by atoms with Gasteiger partial charge in [0.2, 0.25) is 11.7 Å². The van der Waals surface area contributed by atoms with Gasteiger partial charge < -0.3 is 10.1 Å². The highest BCUT2D eigenvalue weighted by atomic mass is 16.5. The monoisotopic (exact) mass is 346 g/mol. The van der Waals surface area contributed by atoms with E-state index in [0.717, 1.165) is 28.5 Å². The van der Waals surface area contributed by atoms with Gasteiger partial charge in [0.05, 0.1) is 23.7 Å². The number of imidazole rings is 1. The molecule has 0 amide bonds. The summed E-state index contributed by atoms with van der Waals surface area (Å²) >= 11 is 0. The Morgan fingerprint density at radius 2 is 1.88 bits per heavy atom. The molecule has 3 aromatic heterocycles. The minimum atomic E-state index is 0.518. The van der Waals surface area contributed by atoms with Crippen LogP contribution >= 0.6 is 0 Å². The van der Waals surface area contributed by atoms with E-state index in [1.165, 1.54) is 0 Å². The van der Waals surface area contributed by atoms with Crippen molar-refractivity contribution in [3.63, 3.8) is 0 Å². The summed E-state index contributed by atoms with van der Waals surface area (Å²) in [5.41, 5.74) is 3.45. The summed E-state index contributed by atoms with van der Waals surface area (Å²) in [5.74, 6) is 2.01. The van der Waals surface area contributed by atoms with Crippen molar-refractivity contribution in [3.05, 3.63) is 60.7 Å². The second-order valence-electron chi connectivity index (χ2n) is 5.68. The van der Waals surface area contributed by atoms with Crippen LogP contribution in [0, 0.1) is 6.92 Å². The van der Waals surface area contributed by atoms with Gasteiger partial charge in [0.1, 0.15) is 5.75 Å². The second-order valence-corrected chi connectivity index (χ2v) is 5.68. The lowest BCUT2D eigenvalue weighted by atomic mass is 10.2. The molecule has 3 heterocycles. The summed E-state index contributed by atoms with van der Waals surface area (Å²) in [5, 5.41) is 3.22. The fourth-order valence-corrected chi connectivity index (χ4v) is 2.79. The van der Waals surface area contributed by atoms with Crippen molar-refractivity contribution in [2.45, 2.75) is 13.8 Å². The van der Waals surface area contributed by atoms with Crippen molar-refractivity contribution in [2.75, 3.05) is 11.9 Å². The third-order valence-electron chi connectivity index (χ3n) is 3.90. The number of ether oxygens (including phenoxy) is 1. The Bertz CT molecular complexity index is 1040. The number of aryl methyl sites for hydroxylation is 1. The van der Waals surface area contributed by atoms with Gasteiger partial charge in [-0.3, -0.25) is 4.40 Å². The number of anilines is 2. The molecule has 4 rings (SSSR count). The van der Waals surface area contributed by atoms with Crippen molar-refractivity contribution in [1.82, 2.24) is 24.3 Å². The van der Waals surface area contributed by atoms with E-state index in [-0.39, 0.29) is 0 Å². The minimum absolute atomic E-state index is 0.518. The van der Waals surface area contributed by atoms with Gasteiger partial charge in [-0.05, 0) is 50.2 Å². The van der Waals surface area contributed by atoms with Crippen LogP contribution in [0.1, 0.15) is 12.6 Å². The quantitative estimate of drug-likeness (QED) is 0.594. The zero-order valence-electron chi connectivity index (χ0n) is 14.5. The van der Waals surface area contributed by atoms with Crippen LogP contribution in [-0.2, 0) is 0 Å². The molecule has 0 aliphatic heterocycles. The van der Waals surface area contributed by atoms with E-state index in [0.29, 0.717) is 18.3 Å². The van der Waals surface area contributed by atoms with E-state index >= 15 is 0 Å². The van der Waals surface area contributed by atoms with Gasteiger partial charge in [0, 0.05) is 24.3 Å². The highest BCUT2D eigenvalue weighted by Gasteiger charge is 2.13. The number of rotatable bonds is 5. The van der Waals surface area contributed by atoms with Crippen LogP contribution in [0.3, 0.4) is 0 Å². The third-order valence-corrected chi connectivity index (χ3v) is 3.90. The Kier molecular flexibility index (Phi) is 4.18. The van der Waals surface area contributed by atoms with E-state index in [4.69, 9.17) is 4.74 Å². The Labute approximate surface area is 150 Å². The summed E-state index contributed by atoms with van der Waals surface area (Å²) in [6.45, 7) is 4.56. The van der Waals surface area contributed by atoms with Gasteiger partial charge in [-0.15, -0.1) is 0 Å². The molecule has 0 saturated heterocycles. The fraction of sp³-hybridized carbons (Fsp3) is 0.158. The molecule has 0 aliphatic carbocycles. The van der Waals surface area contributed by atoms with Gasteiger partial charge in [-0.1, -0.05) is 0 Å². The summed E-state index contributed by atoms with van der Waals surface area (Å²) in [6, 6.07) is 11.4. The van der Waals surface area contributed by atoms with Crippen LogP contribution in [0.5, 0.6) is 5.75 Å². The number of hydrogen-bond donors (Lipinski definition) is 1. The number of nitrogens with one attached hydrogen (secondary N) is 1. The molecule has 1 N–H and O–H groups in total. The highest BCUT2D eigenvalue weighted by Crippen LogP contribution is 2.24. The van der Waals surface area contributed by atoms with Crippen LogP contribution in [0.2, 0.25) is 0 Å². The van der Waals surface area contributed by atoms with E-state index in [1.807, 2.05) is 60.8 Å². The maximum absolute atomic E-state index is 5.46. The first kappa shape index (κ1) is 16.0. The molecule has 0 atom stereocenters. The Morgan fingerprint density at radius 3 is 2.69 bits per heavy atom. The van der Waals surface area contributed by atoms with Crippen molar-refractivity contribution in [3.8, 4) is 17.1 Å². The van der Waals surface area contributed by atoms with Crippen LogP contribution in [-0.4, -0.2) is 30.9 Å². The van der Waals surface area contributed by atoms with Gasteiger partial charge in [0.15, 0.2) is 0 Å². The van der Waals surface area contributed by atoms with Crippen LogP contribution in [0.25, 0.3) is 17.2 Å². The average Bonchev–Trinajstić information content (AvgIpc) is 2.99. The topological polar surface area (TPSA) is 77.2 Å². The van der Waals surface area contributed by atoms with Gasteiger partial charge in [-0.25, -0.2) is 19.9 Å². The fourth-order valence-electron chi connectivity index (χ4n) is 2.79. The predicted molar refractivity (Wildman–Crippen MR) is 99.6 cm³/mol. The number of fused-ring (bicyclic) bond motifs is 1. The normalized spacial score (nSPS) is 10.8. The van der Waals surface area contributed by atoms with Crippen molar-refractivity contribution < 1.29 is 4.74 Å². The average molecular weight is 346 g/mol. The van der Waals surface area contributed by atoms with E-state index in [9.17, 15) is 0 Å². The standard InChI is InChI=1S/C19H18N6O/c1-3-26-15-7-5-14(6-8-15)23-18-20-11-9-16(24-18)17-13(2)22-19-21-10-4-12-25(17)19/h4-12H,3H2,1-2H3,(H,20,23,24). The van der Waals surface area contributed by atoms with Crippen molar-refractivity contribution >= 4 is 17.4 Å². The molecule has 7 nitrogen and oxygen atoms in total. The molecule has 0 aliphatic rings. The molecule has 4 aromatic rings. The summed E-state index contributed by atoms with van der Waals surface area (Å²) in [7, 11) is 0. The maximum Gasteiger partial charge on any atom is 0.234 e. The molecule has 0 saturated carbocycles.